The van der Waals surface area contributed by atoms with Crippen molar-refractivity contribution in [3.8, 4) is 17.2 Å². The van der Waals surface area contributed by atoms with Crippen molar-refractivity contribution in [2.75, 3.05) is 19.5 Å². The number of anilines is 1. The molecule has 0 aliphatic carbocycles. The minimum absolute atomic E-state index is 0.0281. The summed E-state index contributed by atoms with van der Waals surface area (Å²) in [5.41, 5.74) is 1.14. The molecule has 0 fully saturated rings. The maximum absolute atomic E-state index is 14.4. The van der Waals surface area contributed by atoms with Crippen LogP contribution in [0.25, 0.3) is 5.69 Å². The monoisotopic (exact) mass is 385 g/mol. The van der Waals surface area contributed by atoms with Gasteiger partial charge >= 0.3 is 0 Å². The molecule has 4 rings (SSSR count). The Morgan fingerprint density at radius 3 is 2.71 bits per heavy atom. The Morgan fingerprint density at radius 1 is 1.14 bits per heavy atom. The average molecular weight is 385 g/mol. The number of fused-ring (bicyclic) bond motifs is 1. The summed E-state index contributed by atoms with van der Waals surface area (Å²) in [6.07, 6.45) is 1.48. The Morgan fingerprint density at radius 2 is 1.96 bits per heavy atom. The number of amides is 1. The number of benzene rings is 2. The van der Waals surface area contributed by atoms with Crippen molar-refractivity contribution in [1.82, 2.24) is 9.55 Å². The Balaban J connectivity index is 1.87. The largest absolute Gasteiger partial charge is 0.497 e. The number of ether oxygens (including phenoxy) is 2. The van der Waals surface area contributed by atoms with Gasteiger partial charge in [-0.3, -0.25) is 9.36 Å². The SMILES string of the molecule is COc1ccc(OC)c(-n2cnc3c2NC(=O)C[C@H]3c2cc(F)ccc2F)c1. The predicted molar refractivity (Wildman–Crippen MR) is 98.1 cm³/mol. The summed E-state index contributed by atoms with van der Waals surface area (Å²) in [7, 11) is 3.07. The molecule has 0 saturated carbocycles. The van der Waals surface area contributed by atoms with Gasteiger partial charge in [0.25, 0.3) is 0 Å². The highest BCUT2D eigenvalue weighted by Crippen LogP contribution is 2.40. The summed E-state index contributed by atoms with van der Waals surface area (Å²) in [5, 5.41) is 2.78. The molecule has 1 atom stereocenters. The Kier molecular flexibility index (Phi) is 4.46. The average Bonchev–Trinajstić information content (AvgIpc) is 3.12. The molecule has 0 unspecified atom stereocenters. The van der Waals surface area contributed by atoms with Gasteiger partial charge in [0.2, 0.25) is 5.91 Å². The Hall–Kier alpha value is -3.42. The molecule has 6 nitrogen and oxygen atoms in total. The van der Waals surface area contributed by atoms with Gasteiger partial charge in [0.05, 0.1) is 25.6 Å². The van der Waals surface area contributed by atoms with Crippen molar-refractivity contribution in [1.29, 1.82) is 0 Å². The zero-order valence-corrected chi connectivity index (χ0v) is 15.2. The summed E-state index contributed by atoms with van der Waals surface area (Å²) in [5.74, 6) is -0.653. The molecule has 28 heavy (non-hydrogen) atoms. The molecule has 2 heterocycles. The lowest BCUT2D eigenvalue weighted by atomic mass is 9.89. The Bertz CT molecular complexity index is 1060. The van der Waals surface area contributed by atoms with Crippen LogP contribution in [0.3, 0.4) is 0 Å². The summed E-state index contributed by atoms with van der Waals surface area (Å²) in [6.45, 7) is 0. The van der Waals surface area contributed by atoms with E-state index in [0.29, 0.717) is 28.7 Å². The molecule has 0 bridgehead atoms. The topological polar surface area (TPSA) is 65.4 Å². The van der Waals surface area contributed by atoms with Crippen LogP contribution in [0.2, 0.25) is 0 Å². The molecule has 1 aliphatic rings. The molecule has 0 radical (unpaired) electrons. The number of carbonyl (C=O) groups excluding carboxylic acids is 1. The van der Waals surface area contributed by atoms with Gasteiger partial charge in [0.15, 0.2) is 0 Å². The third-order valence-electron chi connectivity index (χ3n) is 4.75. The maximum Gasteiger partial charge on any atom is 0.226 e. The lowest BCUT2D eigenvalue weighted by Gasteiger charge is -2.24. The van der Waals surface area contributed by atoms with Crippen molar-refractivity contribution >= 4 is 11.7 Å². The van der Waals surface area contributed by atoms with Crippen LogP contribution in [0.5, 0.6) is 11.5 Å². The van der Waals surface area contributed by atoms with Crippen LogP contribution >= 0.6 is 0 Å². The first-order valence-electron chi connectivity index (χ1n) is 8.56. The lowest BCUT2D eigenvalue weighted by molar-refractivity contribution is -0.116. The molecule has 0 spiro atoms. The highest BCUT2D eigenvalue weighted by molar-refractivity contribution is 5.94. The number of methoxy groups -OCH3 is 2. The third kappa shape index (κ3) is 2.96. The van der Waals surface area contributed by atoms with E-state index in [4.69, 9.17) is 9.47 Å². The molecular formula is C20H17F2N3O3. The van der Waals surface area contributed by atoms with Gasteiger partial charge in [-0.05, 0) is 30.3 Å². The summed E-state index contributed by atoms with van der Waals surface area (Å²) < 4.78 is 40.4. The quantitative estimate of drug-likeness (QED) is 0.745. The van der Waals surface area contributed by atoms with Crippen molar-refractivity contribution < 1.29 is 23.0 Å². The second-order valence-corrected chi connectivity index (χ2v) is 6.36. The fourth-order valence-corrected chi connectivity index (χ4v) is 3.41. The van der Waals surface area contributed by atoms with E-state index in [2.05, 4.69) is 10.3 Å². The van der Waals surface area contributed by atoms with Gasteiger partial charge in [0.1, 0.15) is 35.3 Å². The Labute approximate surface area is 159 Å². The molecule has 1 N–H and O–H groups in total. The summed E-state index contributed by atoms with van der Waals surface area (Å²) in [6, 6.07) is 8.41. The van der Waals surface area contributed by atoms with Gasteiger partial charge in [-0.2, -0.15) is 0 Å². The summed E-state index contributed by atoms with van der Waals surface area (Å²) >= 11 is 0. The zero-order valence-electron chi connectivity index (χ0n) is 15.2. The first-order chi connectivity index (χ1) is 13.5. The predicted octanol–water partition coefficient (Wildman–Crippen LogP) is 3.64. The second kappa shape index (κ2) is 6.95. The van der Waals surface area contributed by atoms with Gasteiger partial charge in [-0.25, -0.2) is 13.8 Å². The van der Waals surface area contributed by atoms with E-state index in [-0.39, 0.29) is 17.9 Å². The van der Waals surface area contributed by atoms with Crippen LogP contribution in [0.1, 0.15) is 23.6 Å². The van der Waals surface area contributed by atoms with Crippen LogP contribution in [-0.4, -0.2) is 29.7 Å². The molecule has 1 amide bonds. The van der Waals surface area contributed by atoms with Crippen LogP contribution in [-0.2, 0) is 4.79 Å². The smallest absolute Gasteiger partial charge is 0.226 e. The number of aromatic nitrogens is 2. The minimum Gasteiger partial charge on any atom is -0.497 e. The number of hydrogen-bond acceptors (Lipinski definition) is 4. The van der Waals surface area contributed by atoms with E-state index in [1.54, 1.807) is 29.9 Å². The van der Waals surface area contributed by atoms with E-state index in [1.807, 2.05) is 0 Å². The molecular weight excluding hydrogens is 368 g/mol. The van der Waals surface area contributed by atoms with Crippen molar-refractivity contribution in [2.24, 2.45) is 0 Å². The lowest BCUT2D eigenvalue weighted by Crippen LogP contribution is -2.25. The van der Waals surface area contributed by atoms with Gasteiger partial charge in [-0.15, -0.1) is 0 Å². The van der Waals surface area contributed by atoms with Crippen LogP contribution < -0.4 is 14.8 Å². The second-order valence-electron chi connectivity index (χ2n) is 6.36. The van der Waals surface area contributed by atoms with Crippen LogP contribution in [0, 0.1) is 11.6 Å². The molecule has 8 heteroatoms. The van der Waals surface area contributed by atoms with E-state index < -0.39 is 17.6 Å². The summed E-state index contributed by atoms with van der Waals surface area (Å²) in [4.78, 5) is 16.7. The van der Waals surface area contributed by atoms with Gasteiger partial charge in [0, 0.05) is 24.0 Å². The number of imidazole rings is 1. The van der Waals surface area contributed by atoms with E-state index >= 15 is 0 Å². The molecule has 1 aromatic heterocycles. The normalized spacial score (nSPS) is 15.7. The van der Waals surface area contributed by atoms with Gasteiger partial charge in [-0.1, -0.05) is 0 Å². The first kappa shape index (κ1) is 18.0. The van der Waals surface area contributed by atoms with Crippen LogP contribution in [0.15, 0.2) is 42.7 Å². The maximum atomic E-state index is 14.4. The van der Waals surface area contributed by atoms with E-state index in [0.717, 1.165) is 18.2 Å². The van der Waals surface area contributed by atoms with E-state index in [9.17, 15) is 13.6 Å². The standard InChI is InChI=1S/C20H17F2N3O3/c1-27-12-4-6-17(28-2)16(8-12)25-10-23-19-14(9-18(26)24-20(19)25)13-7-11(21)3-5-15(13)22/h3-8,10,14H,9H2,1-2H3,(H,24,26)/t14-/m0/s1. The number of hydrogen-bond donors (Lipinski definition) is 1. The van der Waals surface area contributed by atoms with Crippen molar-refractivity contribution in [3.63, 3.8) is 0 Å². The minimum atomic E-state index is -0.697. The first-order valence-corrected chi connectivity index (χ1v) is 8.56. The number of nitrogens with one attached hydrogen (secondary N) is 1. The number of nitrogens with zero attached hydrogens (tertiary/aromatic N) is 2. The third-order valence-corrected chi connectivity index (χ3v) is 4.75. The number of carbonyl (C=O) groups is 1. The number of rotatable bonds is 4. The highest BCUT2D eigenvalue weighted by Gasteiger charge is 2.33. The van der Waals surface area contributed by atoms with Crippen LogP contribution in [0.4, 0.5) is 14.6 Å². The molecule has 3 aromatic rings. The highest BCUT2D eigenvalue weighted by atomic mass is 19.1. The fourth-order valence-electron chi connectivity index (χ4n) is 3.41. The fraction of sp³-hybridized carbons (Fsp3) is 0.200. The van der Waals surface area contributed by atoms with Crippen molar-refractivity contribution in [2.45, 2.75) is 12.3 Å². The number of halogens is 2. The molecule has 2 aromatic carbocycles. The van der Waals surface area contributed by atoms with E-state index in [1.165, 1.54) is 13.4 Å². The molecule has 0 saturated heterocycles. The molecule has 144 valence electrons. The van der Waals surface area contributed by atoms with Gasteiger partial charge < -0.3 is 14.8 Å². The molecule has 1 aliphatic heterocycles. The van der Waals surface area contributed by atoms with Crippen molar-refractivity contribution in [3.05, 3.63) is 65.6 Å². The zero-order chi connectivity index (χ0) is 19.8.